The normalized spacial score (nSPS) is 14.6. The summed E-state index contributed by atoms with van der Waals surface area (Å²) in [6.45, 7) is 0.176. The summed E-state index contributed by atoms with van der Waals surface area (Å²) in [6.07, 6.45) is 1.64. The van der Waals surface area contributed by atoms with Gasteiger partial charge in [0.05, 0.1) is 0 Å². The molecule has 2 N–H and O–H groups in total. The number of carbonyl (C=O) groups excluding carboxylic acids is 1. The highest BCUT2D eigenvalue weighted by molar-refractivity contribution is 5.96. The minimum absolute atomic E-state index is 0.0148. The first-order valence-electron chi connectivity index (χ1n) is 8.04. The number of aliphatic carboxylic acids is 1. The zero-order valence-electron chi connectivity index (χ0n) is 13.4. The number of hydrogen-bond donors (Lipinski definition) is 2. The van der Waals surface area contributed by atoms with Gasteiger partial charge in [-0.15, -0.1) is 0 Å². The number of nitrogens with one attached hydrogen (secondary N) is 1. The third-order valence-electron chi connectivity index (χ3n) is 4.04. The zero-order valence-corrected chi connectivity index (χ0v) is 13.4. The van der Waals surface area contributed by atoms with Crippen LogP contribution < -0.4 is 10.1 Å². The van der Waals surface area contributed by atoms with Gasteiger partial charge in [-0.3, -0.25) is 4.79 Å². The van der Waals surface area contributed by atoms with Crippen molar-refractivity contribution < 1.29 is 23.8 Å². The van der Waals surface area contributed by atoms with Crippen molar-refractivity contribution in [3.63, 3.8) is 0 Å². The molecule has 0 saturated heterocycles. The molecule has 5 nitrogen and oxygen atoms in total. The number of benzene rings is 2. The Balaban J connectivity index is 1.64. The first kappa shape index (κ1) is 17.0. The van der Waals surface area contributed by atoms with Crippen molar-refractivity contribution in [1.29, 1.82) is 0 Å². The van der Waals surface area contributed by atoms with Crippen LogP contribution in [0.1, 0.15) is 28.8 Å². The zero-order chi connectivity index (χ0) is 17.8. The van der Waals surface area contributed by atoms with Crippen molar-refractivity contribution in [2.24, 2.45) is 5.92 Å². The number of halogens is 1. The fraction of sp³-hybridized carbons (Fsp3) is 0.263. The van der Waals surface area contributed by atoms with Crippen LogP contribution >= 0.6 is 0 Å². The SMILES string of the molecule is O=C(NC(C(=O)O)C1CC1)c1cccc(COc2cccc(F)c2)c1. The van der Waals surface area contributed by atoms with Crippen molar-refractivity contribution >= 4 is 11.9 Å². The summed E-state index contributed by atoms with van der Waals surface area (Å²) in [4.78, 5) is 23.5. The highest BCUT2D eigenvalue weighted by Crippen LogP contribution is 2.32. The van der Waals surface area contributed by atoms with Crippen LogP contribution in [-0.2, 0) is 11.4 Å². The summed E-state index contributed by atoms with van der Waals surface area (Å²) in [5.74, 6) is -1.41. The summed E-state index contributed by atoms with van der Waals surface area (Å²) in [7, 11) is 0. The fourth-order valence-corrected chi connectivity index (χ4v) is 2.56. The van der Waals surface area contributed by atoms with Gasteiger partial charge in [0.15, 0.2) is 0 Å². The summed E-state index contributed by atoms with van der Waals surface area (Å²) in [5.41, 5.74) is 1.10. The van der Waals surface area contributed by atoms with Crippen LogP contribution in [0.3, 0.4) is 0 Å². The molecule has 1 fully saturated rings. The lowest BCUT2D eigenvalue weighted by Crippen LogP contribution is -2.42. The van der Waals surface area contributed by atoms with E-state index in [-0.39, 0.29) is 18.3 Å². The van der Waals surface area contributed by atoms with E-state index in [4.69, 9.17) is 4.74 Å². The third kappa shape index (κ3) is 4.56. The van der Waals surface area contributed by atoms with E-state index in [9.17, 15) is 19.1 Å². The van der Waals surface area contributed by atoms with E-state index in [2.05, 4.69) is 5.32 Å². The number of hydrogen-bond acceptors (Lipinski definition) is 3. The molecule has 2 aromatic rings. The molecule has 0 bridgehead atoms. The monoisotopic (exact) mass is 343 g/mol. The van der Waals surface area contributed by atoms with Crippen molar-refractivity contribution in [3.8, 4) is 5.75 Å². The minimum Gasteiger partial charge on any atom is -0.489 e. The van der Waals surface area contributed by atoms with Gasteiger partial charge in [0.25, 0.3) is 5.91 Å². The Morgan fingerprint density at radius 1 is 1.20 bits per heavy atom. The highest BCUT2D eigenvalue weighted by atomic mass is 19.1. The van der Waals surface area contributed by atoms with Gasteiger partial charge in [0.1, 0.15) is 24.2 Å². The number of carbonyl (C=O) groups is 2. The maximum atomic E-state index is 13.1. The average molecular weight is 343 g/mol. The molecule has 2 aromatic carbocycles. The molecule has 0 heterocycles. The van der Waals surface area contributed by atoms with Crippen LogP contribution in [-0.4, -0.2) is 23.0 Å². The van der Waals surface area contributed by atoms with E-state index in [1.54, 1.807) is 36.4 Å². The van der Waals surface area contributed by atoms with Crippen LogP contribution in [0.15, 0.2) is 48.5 Å². The van der Waals surface area contributed by atoms with Crippen molar-refractivity contribution in [1.82, 2.24) is 5.32 Å². The molecule has 25 heavy (non-hydrogen) atoms. The van der Waals surface area contributed by atoms with Crippen LogP contribution in [0.2, 0.25) is 0 Å². The molecule has 1 atom stereocenters. The fourth-order valence-electron chi connectivity index (χ4n) is 2.56. The van der Waals surface area contributed by atoms with Gasteiger partial charge in [-0.05, 0) is 48.6 Å². The van der Waals surface area contributed by atoms with Gasteiger partial charge in [0, 0.05) is 11.6 Å². The van der Waals surface area contributed by atoms with Crippen LogP contribution in [0.4, 0.5) is 4.39 Å². The lowest BCUT2D eigenvalue weighted by Gasteiger charge is -2.14. The second kappa shape index (κ2) is 7.34. The Kier molecular flexibility index (Phi) is 4.97. The van der Waals surface area contributed by atoms with Crippen molar-refractivity contribution in [3.05, 3.63) is 65.5 Å². The second-order valence-corrected chi connectivity index (χ2v) is 6.07. The van der Waals surface area contributed by atoms with E-state index < -0.39 is 17.9 Å². The first-order chi connectivity index (χ1) is 12.0. The molecule has 1 amide bonds. The Labute approximate surface area is 144 Å². The minimum atomic E-state index is -1.01. The molecule has 6 heteroatoms. The maximum Gasteiger partial charge on any atom is 0.326 e. The number of amides is 1. The molecule has 3 rings (SSSR count). The number of rotatable bonds is 7. The molecule has 0 spiro atoms. The molecule has 1 aliphatic carbocycles. The Morgan fingerprint density at radius 2 is 1.96 bits per heavy atom. The van der Waals surface area contributed by atoms with E-state index >= 15 is 0 Å². The van der Waals surface area contributed by atoms with Crippen molar-refractivity contribution in [2.75, 3.05) is 0 Å². The average Bonchev–Trinajstić information content (AvgIpc) is 3.42. The van der Waals surface area contributed by atoms with Crippen LogP contribution in [0, 0.1) is 11.7 Å². The molecule has 0 aromatic heterocycles. The number of ether oxygens (including phenoxy) is 1. The lowest BCUT2D eigenvalue weighted by molar-refractivity contribution is -0.139. The summed E-state index contributed by atoms with van der Waals surface area (Å²) < 4.78 is 18.6. The Bertz CT molecular complexity index is 788. The third-order valence-corrected chi connectivity index (χ3v) is 4.04. The van der Waals surface area contributed by atoms with Crippen LogP contribution in [0.5, 0.6) is 5.75 Å². The van der Waals surface area contributed by atoms with Crippen LogP contribution in [0.25, 0.3) is 0 Å². The number of carboxylic acids is 1. The summed E-state index contributed by atoms with van der Waals surface area (Å²) in [5, 5.41) is 11.8. The maximum absolute atomic E-state index is 13.1. The van der Waals surface area contributed by atoms with E-state index in [1.807, 2.05) is 0 Å². The molecular formula is C19H18FNO4. The Hall–Kier alpha value is -2.89. The van der Waals surface area contributed by atoms with Crippen molar-refractivity contribution in [2.45, 2.75) is 25.5 Å². The topological polar surface area (TPSA) is 75.6 Å². The molecule has 0 radical (unpaired) electrons. The van der Waals surface area contributed by atoms with E-state index in [0.717, 1.165) is 18.4 Å². The predicted octanol–water partition coefficient (Wildman–Crippen LogP) is 3.00. The van der Waals surface area contributed by atoms with Gasteiger partial charge in [-0.2, -0.15) is 0 Å². The summed E-state index contributed by atoms with van der Waals surface area (Å²) >= 11 is 0. The van der Waals surface area contributed by atoms with E-state index in [1.165, 1.54) is 12.1 Å². The largest absolute Gasteiger partial charge is 0.489 e. The molecule has 1 saturated carbocycles. The molecule has 1 aliphatic rings. The quantitative estimate of drug-likeness (QED) is 0.810. The summed E-state index contributed by atoms with van der Waals surface area (Å²) in [6, 6.07) is 11.7. The van der Waals surface area contributed by atoms with Gasteiger partial charge < -0.3 is 15.2 Å². The molecule has 130 valence electrons. The first-order valence-corrected chi connectivity index (χ1v) is 8.04. The number of carboxylic acid groups (broad SMARTS) is 1. The van der Waals surface area contributed by atoms with Gasteiger partial charge in [-0.1, -0.05) is 18.2 Å². The molecule has 0 aliphatic heterocycles. The Morgan fingerprint density at radius 3 is 2.64 bits per heavy atom. The standard InChI is InChI=1S/C19H18FNO4/c20-15-5-2-6-16(10-15)25-11-12-3-1-4-14(9-12)18(22)21-17(19(23)24)13-7-8-13/h1-6,9-10,13,17H,7-8,11H2,(H,21,22)(H,23,24). The van der Waals surface area contributed by atoms with E-state index in [0.29, 0.717) is 11.3 Å². The predicted molar refractivity (Wildman–Crippen MR) is 88.8 cm³/mol. The highest BCUT2D eigenvalue weighted by Gasteiger charge is 2.37. The second-order valence-electron chi connectivity index (χ2n) is 6.07. The van der Waals surface area contributed by atoms with Gasteiger partial charge >= 0.3 is 5.97 Å². The van der Waals surface area contributed by atoms with Gasteiger partial charge in [0.2, 0.25) is 0 Å². The molecular weight excluding hydrogens is 325 g/mol. The lowest BCUT2D eigenvalue weighted by atomic mass is 10.1. The smallest absolute Gasteiger partial charge is 0.326 e. The molecule has 1 unspecified atom stereocenters. The van der Waals surface area contributed by atoms with Gasteiger partial charge in [-0.25, -0.2) is 9.18 Å².